The first kappa shape index (κ1) is 10.8. The third kappa shape index (κ3) is 3.99. The fourth-order valence-corrected chi connectivity index (χ4v) is 2.11. The second-order valence-corrected chi connectivity index (χ2v) is 4.32. The van der Waals surface area contributed by atoms with E-state index in [2.05, 4.69) is 26.2 Å². The molecule has 0 aliphatic heterocycles. The van der Waals surface area contributed by atoms with E-state index in [9.17, 15) is 8.78 Å². The zero-order valence-corrected chi connectivity index (χ0v) is 9.33. The summed E-state index contributed by atoms with van der Waals surface area (Å²) in [5, 5.41) is 5.36. The smallest absolute Gasteiger partial charge is 0.240 e. The van der Waals surface area contributed by atoms with Gasteiger partial charge in [-0.25, -0.2) is 13.8 Å². The molecule has 0 spiro atoms. The van der Waals surface area contributed by atoms with Crippen LogP contribution in [-0.2, 0) is 0 Å². The lowest BCUT2D eigenvalue weighted by Crippen LogP contribution is -2.18. The first-order chi connectivity index (χ1) is 6.08. The van der Waals surface area contributed by atoms with Gasteiger partial charge in [-0.2, -0.15) is 0 Å². The molecule has 1 rings (SSSR count). The van der Waals surface area contributed by atoms with Gasteiger partial charge in [0.1, 0.15) is 4.60 Å². The molecule has 1 atom stereocenters. The van der Waals surface area contributed by atoms with Gasteiger partial charge in [0.25, 0.3) is 0 Å². The lowest BCUT2D eigenvalue weighted by atomic mass is 10.2. The van der Waals surface area contributed by atoms with Gasteiger partial charge in [0.2, 0.25) is 6.43 Å². The van der Waals surface area contributed by atoms with Gasteiger partial charge in [-0.1, -0.05) is 0 Å². The maximum absolute atomic E-state index is 11.9. The topological polar surface area (TPSA) is 24.9 Å². The summed E-state index contributed by atoms with van der Waals surface area (Å²) in [6.45, 7) is 1.71. The molecule has 0 radical (unpaired) electrons. The molecule has 1 unspecified atom stereocenters. The number of alkyl halides is 2. The Hall–Kier alpha value is -0.230. The van der Waals surface area contributed by atoms with E-state index in [1.807, 2.05) is 0 Å². The summed E-state index contributed by atoms with van der Waals surface area (Å²) in [6, 6.07) is -0.252. The van der Waals surface area contributed by atoms with Crippen molar-refractivity contribution in [2.24, 2.45) is 0 Å². The highest BCUT2D eigenvalue weighted by molar-refractivity contribution is 9.10. The molecule has 0 saturated carbocycles. The van der Waals surface area contributed by atoms with Crippen LogP contribution < -0.4 is 5.32 Å². The molecule has 0 fully saturated rings. The van der Waals surface area contributed by atoms with Gasteiger partial charge in [0, 0.05) is 17.8 Å². The van der Waals surface area contributed by atoms with Gasteiger partial charge in [0.05, 0.1) is 0 Å². The zero-order chi connectivity index (χ0) is 9.84. The molecule has 0 aromatic carbocycles. The van der Waals surface area contributed by atoms with Crippen LogP contribution in [0.3, 0.4) is 0 Å². The Morgan fingerprint density at radius 2 is 2.38 bits per heavy atom. The highest BCUT2D eigenvalue weighted by Gasteiger charge is 2.11. The first-order valence-corrected chi connectivity index (χ1v) is 5.41. The van der Waals surface area contributed by atoms with Crippen LogP contribution in [0.4, 0.5) is 13.9 Å². The van der Waals surface area contributed by atoms with Crippen LogP contribution in [0.25, 0.3) is 0 Å². The summed E-state index contributed by atoms with van der Waals surface area (Å²) in [4.78, 5) is 4.04. The minimum atomic E-state index is -2.27. The normalized spacial score (nSPS) is 13.3. The molecule has 1 aromatic heterocycles. The van der Waals surface area contributed by atoms with Gasteiger partial charge in [-0.05, 0) is 22.9 Å². The first-order valence-electron chi connectivity index (χ1n) is 3.73. The Kier molecular flexibility index (Phi) is 4.05. The summed E-state index contributed by atoms with van der Waals surface area (Å²) in [5.41, 5.74) is 0. The maximum atomic E-state index is 11.9. The van der Waals surface area contributed by atoms with Crippen molar-refractivity contribution >= 4 is 32.4 Å². The lowest BCUT2D eigenvalue weighted by Gasteiger charge is -2.11. The number of anilines is 1. The number of aromatic nitrogens is 1. The van der Waals surface area contributed by atoms with Crippen molar-refractivity contribution in [3.8, 4) is 0 Å². The Morgan fingerprint density at radius 3 is 2.85 bits per heavy atom. The molecule has 2 nitrogen and oxygen atoms in total. The van der Waals surface area contributed by atoms with Crippen LogP contribution in [-0.4, -0.2) is 17.5 Å². The van der Waals surface area contributed by atoms with E-state index in [1.165, 1.54) is 11.3 Å². The maximum Gasteiger partial charge on any atom is 0.240 e. The van der Waals surface area contributed by atoms with Crippen molar-refractivity contribution in [3.05, 3.63) is 9.98 Å². The molecule has 1 heterocycles. The highest BCUT2D eigenvalue weighted by Crippen LogP contribution is 2.21. The van der Waals surface area contributed by atoms with Crippen LogP contribution in [0.2, 0.25) is 0 Å². The van der Waals surface area contributed by atoms with Crippen LogP contribution in [0.5, 0.6) is 0 Å². The predicted molar refractivity (Wildman–Crippen MR) is 53.5 cm³/mol. The molecule has 0 bridgehead atoms. The van der Waals surface area contributed by atoms with Gasteiger partial charge < -0.3 is 5.32 Å². The second-order valence-electron chi connectivity index (χ2n) is 2.65. The Labute approximate surface area is 87.5 Å². The minimum Gasteiger partial charge on any atom is -0.359 e. The van der Waals surface area contributed by atoms with Crippen molar-refractivity contribution in [1.29, 1.82) is 0 Å². The molecule has 6 heteroatoms. The molecule has 0 amide bonds. The monoisotopic (exact) mass is 270 g/mol. The van der Waals surface area contributed by atoms with Crippen molar-refractivity contribution in [1.82, 2.24) is 4.98 Å². The fourth-order valence-electron chi connectivity index (χ4n) is 0.857. The predicted octanol–water partition coefficient (Wildman–Crippen LogP) is 3.36. The van der Waals surface area contributed by atoms with Gasteiger partial charge in [-0.3, -0.25) is 0 Å². The van der Waals surface area contributed by atoms with Crippen molar-refractivity contribution in [2.45, 2.75) is 25.8 Å². The van der Waals surface area contributed by atoms with E-state index in [1.54, 1.807) is 12.3 Å². The number of hydrogen-bond donors (Lipinski definition) is 1. The van der Waals surface area contributed by atoms with Crippen molar-refractivity contribution in [2.75, 3.05) is 5.32 Å². The Balaban J connectivity index is 2.40. The van der Waals surface area contributed by atoms with E-state index in [4.69, 9.17) is 0 Å². The third-order valence-corrected chi connectivity index (χ3v) is 2.86. The summed E-state index contributed by atoms with van der Waals surface area (Å²) in [5.74, 6) is 0. The molecule has 74 valence electrons. The summed E-state index contributed by atoms with van der Waals surface area (Å²) >= 11 is 4.58. The second kappa shape index (κ2) is 4.85. The Bertz CT molecular complexity index is 267. The largest absolute Gasteiger partial charge is 0.359 e. The van der Waals surface area contributed by atoms with Crippen LogP contribution in [0, 0.1) is 0 Å². The van der Waals surface area contributed by atoms with Crippen molar-refractivity contribution < 1.29 is 8.78 Å². The molecule has 1 N–H and O–H groups in total. The Morgan fingerprint density at radius 1 is 1.69 bits per heavy atom. The third-order valence-electron chi connectivity index (χ3n) is 1.38. The zero-order valence-electron chi connectivity index (χ0n) is 6.93. The molecule has 0 saturated heterocycles. The molecule has 0 aliphatic rings. The average Bonchev–Trinajstić information content (AvgIpc) is 2.33. The molecule has 13 heavy (non-hydrogen) atoms. The number of nitrogens with one attached hydrogen (secondary N) is 1. The SMILES string of the molecule is CC(CC(F)F)Nc1nc(Br)cs1. The van der Waals surface area contributed by atoms with E-state index in [0.717, 1.165) is 4.60 Å². The summed E-state index contributed by atoms with van der Waals surface area (Å²) < 4.78 is 24.6. The number of rotatable bonds is 4. The van der Waals surface area contributed by atoms with E-state index in [-0.39, 0.29) is 12.5 Å². The van der Waals surface area contributed by atoms with Crippen LogP contribution >= 0.6 is 27.3 Å². The van der Waals surface area contributed by atoms with Gasteiger partial charge in [-0.15, -0.1) is 11.3 Å². The fraction of sp³-hybridized carbons (Fsp3) is 0.571. The number of halogens is 3. The van der Waals surface area contributed by atoms with E-state index < -0.39 is 6.43 Å². The number of nitrogens with zero attached hydrogens (tertiary/aromatic N) is 1. The average molecular weight is 271 g/mol. The van der Waals surface area contributed by atoms with Crippen LogP contribution in [0.15, 0.2) is 9.98 Å². The quantitative estimate of drug-likeness (QED) is 0.908. The van der Waals surface area contributed by atoms with E-state index >= 15 is 0 Å². The standard InChI is InChI=1S/C7H9BrF2N2S/c1-4(2-6(9)10)11-7-12-5(8)3-13-7/h3-4,6H,2H2,1H3,(H,11,12). The molecule has 1 aromatic rings. The van der Waals surface area contributed by atoms with Crippen molar-refractivity contribution in [3.63, 3.8) is 0 Å². The molecule has 0 aliphatic carbocycles. The summed E-state index contributed by atoms with van der Waals surface area (Å²) in [6.07, 6.45) is -2.43. The van der Waals surface area contributed by atoms with Crippen LogP contribution in [0.1, 0.15) is 13.3 Å². The molecular weight excluding hydrogens is 262 g/mol. The molecular formula is C7H9BrF2N2S. The van der Waals surface area contributed by atoms with E-state index in [0.29, 0.717) is 5.13 Å². The van der Waals surface area contributed by atoms with Gasteiger partial charge >= 0.3 is 0 Å². The highest BCUT2D eigenvalue weighted by atomic mass is 79.9. The lowest BCUT2D eigenvalue weighted by molar-refractivity contribution is 0.133. The minimum absolute atomic E-state index is 0.156. The number of thiazole rings is 1. The van der Waals surface area contributed by atoms with Gasteiger partial charge in [0.15, 0.2) is 5.13 Å². The number of hydrogen-bond acceptors (Lipinski definition) is 3. The summed E-state index contributed by atoms with van der Waals surface area (Å²) in [7, 11) is 0.